The first-order valence-corrected chi connectivity index (χ1v) is 10.7. The average Bonchev–Trinajstić information content (AvgIpc) is 3.06. The molecular weight excluding hydrogens is 346 g/mol. The van der Waals surface area contributed by atoms with Crippen molar-refractivity contribution in [3.63, 3.8) is 0 Å². The van der Waals surface area contributed by atoms with Crippen molar-refractivity contribution >= 4 is 21.4 Å². The summed E-state index contributed by atoms with van der Waals surface area (Å²) < 4.78 is 28.0. The van der Waals surface area contributed by atoms with Crippen LogP contribution in [0.1, 0.15) is 42.8 Å². The van der Waals surface area contributed by atoms with Gasteiger partial charge in [0.05, 0.1) is 5.69 Å². The summed E-state index contributed by atoms with van der Waals surface area (Å²) in [6, 6.07) is 0. The van der Waals surface area contributed by atoms with Gasteiger partial charge >= 0.3 is 0 Å². The lowest BCUT2D eigenvalue weighted by Crippen LogP contribution is -2.34. The Labute approximate surface area is 146 Å². The molecule has 0 bridgehead atoms. The normalized spacial score (nSPS) is 19.5. The molecule has 130 valence electrons. The van der Waals surface area contributed by atoms with Crippen molar-refractivity contribution in [3.8, 4) is 0 Å². The molecule has 3 rings (SSSR count). The van der Waals surface area contributed by atoms with Crippen molar-refractivity contribution in [1.82, 2.24) is 24.5 Å². The maximum Gasteiger partial charge on any atom is 0.188 e. The smallest absolute Gasteiger partial charge is 0.188 e. The van der Waals surface area contributed by atoms with Gasteiger partial charge in [-0.15, -0.1) is 5.10 Å². The Hall–Kier alpha value is -1.45. The van der Waals surface area contributed by atoms with Crippen LogP contribution in [-0.4, -0.2) is 52.2 Å². The van der Waals surface area contributed by atoms with Gasteiger partial charge in [-0.05, 0) is 19.4 Å². The second kappa shape index (κ2) is 7.20. The lowest BCUT2D eigenvalue weighted by Gasteiger charge is -2.31. The molecule has 2 aromatic heterocycles. The molecule has 7 nitrogen and oxygen atoms in total. The summed E-state index contributed by atoms with van der Waals surface area (Å²) in [5, 5.41) is 4.11. The fourth-order valence-corrected chi connectivity index (χ4v) is 4.75. The Balaban J connectivity index is 1.71. The van der Waals surface area contributed by atoms with E-state index in [4.69, 9.17) is 0 Å². The van der Waals surface area contributed by atoms with Gasteiger partial charge in [0, 0.05) is 61.2 Å². The highest BCUT2D eigenvalue weighted by molar-refractivity contribution is 7.92. The van der Waals surface area contributed by atoms with E-state index < -0.39 is 9.84 Å². The molecule has 0 spiro atoms. The van der Waals surface area contributed by atoms with E-state index in [0.29, 0.717) is 9.90 Å². The molecule has 1 saturated heterocycles. The van der Waals surface area contributed by atoms with Crippen molar-refractivity contribution in [2.24, 2.45) is 0 Å². The molecule has 1 atom stereocenters. The fraction of sp³-hybridized carbons (Fsp3) is 0.600. The van der Waals surface area contributed by atoms with Crippen molar-refractivity contribution in [3.05, 3.63) is 29.5 Å². The quantitative estimate of drug-likeness (QED) is 0.794. The van der Waals surface area contributed by atoms with Gasteiger partial charge < -0.3 is 0 Å². The molecule has 9 heteroatoms. The molecule has 0 N–H and O–H groups in total. The zero-order chi connectivity index (χ0) is 17.2. The molecule has 1 aliphatic heterocycles. The lowest BCUT2D eigenvalue weighted by atomic mass is 9.95. The molecule has 3 heterocycles. The molecule has 0 amide bonds. The largest absolute Gasteiger partial charge is 0.298 e. The number of aromatic nitrogens is 4. The highest BCUT2D eigenvalue weighted by Crippen LogP contribution is 2.32. The van der Waals surface area contributed by atoms with E-state index in [9.17, 15) is 8.42 Å². The maximum atomic E-state index is 11.9. The maximum absolute atomic E-state index is 11.9. The minimum atomic E-state index is -3.27. The van der Waals surface area contributed by atoms with Crippen LogP contribution in [0.3, 0.4) is 0 Å². The van der Waals surface area contributed by atoms with Crippen LogP contribution in [0.4, 0.5) is 0 Å². The molecule has 0 unspecified atom stereocenters. The van der Waals surface area contributed by atoms with Crippen molar-refractivity contribution in [1.29, 1.82) is 0 Å². The summed E-state index contributed by atoms with van der Waals surface area (Å²) in [4.78, 5) is 11.0. The third kappa shape index (κ3) is 3.96. The predicted molar refractivity (Wildman–Crippen MR) is 91.7 cm³/mol. The Morgan fingerprint density at radius 3 is 2.75 bits per heavy atom. The van der Waals surface area contributed by atoms with Crippen LogP contribution >= 0.6 is 11.5 Å². The topological polar surface area (TPSA) is 88.9 Å². The molecule has 0 radical (unpaired) electrons. The molecule has 1 fully saturated rings. The SMILES string of the molecule is CCc1ncc(CN2CCC[C@@H](c3nnsc3S(C)(=O)=O)C2)cn1. The van der Waals surface area contributed by atoms with E-state index in [1.54, 1.807) is 0 Å². The van der Waals surface area contributed by atoms with Gasteiger partial charge in [0.15, 0.2) is 14.0 Å². The van der Waals surface area contributed by atoms with Crippen LogP contribution in [0.5, 0.6) is 0 Å². The van der Waals surface area contributed by atoms with Gasteiger partial charge in [0.1, 0.15) is 5.82 Å². The van der Waals surface area contributed by atoms with E-state index in [-0.39, 0.29) is 5.92 Å². The Morgan fingerprint density at radius 2 is 2.08 bits per heavy atom. The van der Waals surface area contributed by atoms with Gasteiger partial charge in [0.25, 0.3) is 0 Å². The first kappa shape index (κ1) is 17.4. The molecule has 0 aromatic carbocycles. The minimum absolute atomic E-state index is 0.109. The lowest BCUT2D eigenvalue weighted by molar-refractivity contribution is 0.197. The van der Waals surface area contributed by atoms with Gasteiger partial charge in [0.2, 0.25) is 0 Å². The van der Waals surface area contributed by atoms with Gasteiger partial charge in [-0.1, -0.05) is 11.4 Å². The van der Waals surface area contributed by atoms with E-state index in [1.807, 2.05) is 19.3 Å². The summed E-state index contributed by atoms with van der Waals surface area (Å²) in [5.74, 6) is 0.958. The fourth-order valence-electron chi connectivity index (χ4n) is 3.02. The van der Waals surface area contributed by atoms with Gasteiger partial charge in [-0.2, -0.15) is 0 Å². The van der Waals surface area contributed by atoms with Crippen LogP contribution in [0.2, 0.25) is 0 Å². The molecule has 24 heavy (non-hydrogen) atoms. The van der Waals surface area contributed by atoms with E-state index in [2.05, 4.69) is 24.5 Å². The molecule has 0 saturated carbocycles. The highest BCUT2D eigenvalue weighted by atomic mass is 32.2. The Morgan fingerprint density at radius 1 is 1.33 bits per heavy atom. The molecule has 0 aliphatic carbocycles. The van der Waals surface area contributed by atoms with Crippen LogP contribution in [0, 0.1) is 0 Å². The molecular formula is C15H21N5O2S2. The second-order valence-corrected chi connectivity index (χ2v) is 9.12. The van der Waals surface area contributed by atoms with Crippen LogP contribution in [0.15, 0.2) is 16.6 Å². The van der Waals surface area contributed by atoms with Gasteiger partial charge in [-0.25, -0.2) is 18.4 Å². The summed E-state index contributed by atoms with van der Waals surface area (Å²) in [7, 11) is -3.27. The Kier molecular flexibility index (Phi) is 5.21. The van der Waals surface area contributed by atoms with Gasteiger partial charge in [-0.3, -0.25) is 4.90 Å². The van der Waals surface area contributed by atoms with Crippen molar-refractivity contribution in [2.45, 2.75) is 42.9 Å². The molecule has 1 aliphatic rings. The van der Waals surface area contributed by atoms with Crippen LogP contribution in [-0.2, 0) is 22.8 Å². The summed E-state index contributed by atoms with van der Waals surface area (Å²) in [6.07, 6.45) is 7.76. The van der Waals surface area contributed by atoms with E-state index >= 15 is 0 Å². The number of hydrogen-bond donors (Lipinski definition) is 0. The predicted octanol–water partition coefficient (Wildman–Crippen LogP) is 1.67. The zero-order valence-electron chi connectivity index (χ0n) is 13.8. The van der Waals surface area contributed by atoms with Crippen molar-refractivity contribution in [2.75, 3.05) is 19.3 Å². The van der Waals surface area contributed by atoms with Crippen LogP contribution < -0.4 is 0 Å². The first-order chi connectivity index (χ1) is 11.5. The average molecular weight is 368 g/mol. The Bertz CT molecular complexity index is 788. The number of sulfone groups is 1. The van der Waals surface area contributed by atoms with Crippen molar-refractivity contribution < 1.29 is 8.42 Å². The monoisotopic (exact) mass is 367 g/mol. The first-order valence-electron chi connectivity index (χ1n) is 8.02. The third-order valence-electron chi connectivity index (χ3n) is 4.19. The van der Waals surface area contributed by atoms with E-state index in [1.165, 1.54) is 6.26 Å². The summed E-state index contributed by atoms with van der Waals surface area (Å²) >= 11 is 0.972. The number of nitrogens with zero attached hydrogens (tertiary/aromatic N) is 5. The zero-order valence-corrected chi connectivity index (χ0v) is 15.5. The third-order valence-corrected chi connectivity index (χ3v) is 6.74. The second-order valence-electron chi connectivity index (χ2n) is 6.15. The minimum Gasteiger partial charge on any atom is -0.298 e. The number of rotatable bonds is 5. The standard InChI is InChI=1S/C15H21N5O2S2/c1-3-13-16-7-11(8-17-13)9-20-6-4-5-12(10-20)14-15(23-19-18-14)24(2,21)22/h7-8,12H,3-6,9-10H2,1-2H3/t12-/m1/s1. The van der Waals surface area contributed by atoms with E-state index in [0.717, 1.165) is 61.8 Å². The summed E-state index contributed by atoms with van der Waals surface area (Å²) in [5.41, 5.74) is 1.71. The summed E-state index contributed by atoms with van der Waals surface area (Å²) in [6.45, 7) is 4.57. The number of aryl methyl sites for hydroxylation is 1. The number of likely N-dealkylation sites (tertiary alicyclic amines) is 1. The number of hydrogen-bond acceptors (Lipinski definition) is 8. The molecule has 2 aromatic rings. The van der Waals surface area contributed by atoms with Crippen LogP contribution in [0.25, 0.3) is 0 Å². The highest BCUT2D eigenvalue weighted by Gasteiger charge is 2.29. The number of piperidine rings is 1.